The van der Waals surface area contributed by atoms with Crippen molar-refractivity contribution in [2.75, 3.05) is 0 Å². The molecule has 1 aliphatic carbocycles. The van der Waals surface area contributed by atoms with Gasteiger partial charge in [-0.25, -0.2) is 4.98 Å². The van der Waals surface area contributed by atoms with E-state index in [-0.39, 0.29) is 0 Å². The zero-order valence-electron chi connectivity index (χ0n) is 26.7. The quantitative estimate of drug-likeness (QED) is 0.179. The fourth-order valence-electron chi connectivity index (χ4n) is 7.72. The van der Waals surface area contributed by atoms with Crippen molar-refractivity contribution in [3.05, 3.63) is 168 Å². The smallest absolute Gasteiger partial charge is 0.0976 e. The molecule has 0 radical (unpaired) electrons. The minimum Gasteiger partial charge on any atom is -0.252 e. The van der Waals surface area contributed by atoms with E-state index in [0.717, 1.165) is 40.5 Å². The van der Waals surface area contributed by atoms with E-state index in [1.54, 1.807) is 0 Å². The standard InChI is InChI=1S/C46H30N2S/c1-3-12-29(13-4-1)31-22-24-34-35-25-23-32(30-14-5-2-6-15-30)27-41(35)45-44(40(34)26-31)47-28-42(48-45)36-17-8-7-16-33(36)38-19-11-20-39-37-18-9-10-21-43(37)49-46(38)39/h1-22,24,26-28H,23,25H2. The maximum atomic E-state index is 5.54. The summed E-state index contributed by atoms with van der Waals surface area (Å²) in [5, 5.41) is 5.03. The van der Waals surface area contributed by atoms with Gasteiger partial charge in [0.15, 0.2) is 0 Å². The van der Waals surface area contributed by atoms with Crippen LogP contribution < -0.4 is 0 Å². The first kappa shape index (κ1) is 28.1. The summed E-state index contributed by atoms with van der Waals surface area (Å²) in [5.74, 6) is 0. The Labute approximate surface area is 288 Å². The van der Waals surface area contributed by atoms with Crippen molar-refractivity contribution in [1.29, 1.82) is 0 Å². The molecule has 0 unspecified atom stereocenters. The molecule has 2 heterocycles. The number of nitrogens with zero attached hydrogens (tertiary/aromatic N) is 2. The van der Waals surface area contributed by atoms with E-state index in [1.165, 1.54) is 70.1 Å². The molecule has 7 aromatic carbocycles. The Kier molecular flexibility index (Phi) is 6.53. The van der Waals surface area contributed by atoms with Gasteiger partial charge in [-0.1, -0.05) is 133 Å². The van der Waals surface area contributed by atoms with Crippen LogP contribution in [0, 0.1) is 0 Å². The van der Waals surface area contributed by atoms with Gasteiger partial charge < -0.3 is 0 Å². The average Bonchev–Trinajstić information content (AvgIpc) is 3.57. The highest BCUT2D eigenvalue weighted by Crippen LogP contribution is 2.44. The van der Waals surface area contributed by atoms with E-state index < -0.39 is 0 Å². The van der Waals surface area contributed by atoms with Crippen LogP contribution in [0.25, 0.3) is 87.1 Å². The molecule has 0 spiro atoms. The molecule has 0 saturated heterocycles. The average molecular weight is 643 g/mol. The summed E-state index contributed by atoms with van der Waals surface area (Å²) in [5.41, 5.74) is 13.9. The maximum Gasteiger partial charge on any atom is 0.0976 e. The highest BCUT2D eigenvalue weighted by Gasteiger charge is 2.22. The van der Waals surface area contributed by atoms with Crippen LogP contribution in [0.5, 0.6) is 0 Å². The van der Waals surface area contributed by atoms with Crippen molar-refractivity contribution in [1.82, 2.24) is 9.97 Å². The summed E-state index contributed by atoms with van der Waals surface area (Å²) in [6.45, 7) is 0. The molecule has 0 saturated carbocycles. The molecule has 0 atom stereocenters. The molecule has 2 aromatic heterocycles. The number of allylic oxidation sites excluding steroid dienone is 1. The number of benzene rings is 7. The second kappa shape index (κ2) is 11.4. The Morgan fingerprint density at radius 1 is 0.490 bits per heavy atom. The second-order valence-electron chi connectivity index (χ2n) is 12.8. The molecule has 0 bridgehead atoms. The van der Waals surface area contributed by atoms with Gasteiger partial charge in [0.05, 0.1) is 22.9 Å². The summed E-state index contributed by atoms with van der Waals surface area (Å²) in [4.78, 5) is 10.8. The van der Waals surface area contributed by atoms with Crippen LogP contribution in [0.2, 0.25) is 0 Å². The Morgan fingerprint density at radius 3 is 2.06 bits per heavy atom. The van der Waals surface area contributed by atoms with E-state index in [0.29, 0.717) is 0 Å². The molecule has 0 amide bonds. The fraction of sp³-hybridized carbons (Fsp3) is 0.0435. The molecule has 9 aromatic rings. The van der Waals surface area contributed by atoms with Gasteiger partial charge in [-0.05, 0) is 69.8 Å². The Morgan fingerprint density at radius 2 is 1.20 bits per heavy atom. The zero-order valence-corrected chi connectivity index (χ0v) is 27.5. The molecule has 3 heteroatoms. The Hall–Kier alpha value is -5.90. The summed E-state index contributed by atoms with van der Waals surface area (Å²) in [6, 6.07) is 52.3. The van der Waals surface area contributed by atoms with Crippen LogP contribution >= 0.6 is 11.3 Å². The number of hydrogen-bond donors (Lipinski definition) is 0. The van der Waals surface area contributed by atoms with Gasteiger partial charge in [0.25, 0.3) is 0 Å². The molecular weight excluding hydrogens is 613 g/mol. The van der Waals surface area contributed by atoms with Crippen molar-refractivity contribution in [2.24, 2.45) is 0 Å². The molecule has 0 N–H and O–H groups in total. The van der Waals surface area contributed by atoms with Gasteiger partial charge in [-0.3, -0.25) is 4.98 Å². The first-order valence-corrected chi connectivity index (χ1v) is 17.7. The third kappa shape index (κ3) is 4.62. The van der Waals surface area contributed by atoms with Gasteiger partial charge in [0.2, 0.25) is 0 Å². The molecule has 230 valence electrons. The summed E-state index contributed by atoms with van der Waals surface area (Å²) in [6.07, 6.45) is 6.32. The normalized spacial score (nSPS) is 12.9. The van der Waals surface area contributed by atoms with Crippen molar-refractivity contribution >= 4 is 65.0 Å². The first-order chi connectivity index (χ1) is 24.3. The fourth-order valence-corrected chi connectivity index (χ4v) is 8.95. The number of thiophene rings is 1. The van der Waals surface area contributed by atoms with Crippen molar-refractivity contribution in [3.63, 3.8) is 0 Å². The van der Waals surface area contributed by atoms with Gasteiger partial charge in [-0.2, -0.15) is 0 Å². The first-order valence-electron chi connectivity index (χ1n) is 16.9. The lowest BCUT2D eigenvalue weighted by atomic mass is 9.84. The van der Waals surface area contributed by atoms with Crippen molar-refractivity contribution in [3.8, 4) is 33.5 Å². The maximum absolute atomic E-state index is 5.54. The van der Waals surface area contributed by atoms with Gasteiger partial charge in [0.1, 0.15) is 0 Å². The monoisotopic (exact) mass is 642 g/mol. The van der Waals surface area contributed by atoms with Crippen LogP contribution in [0.1, 0.15) is 23.1 Å². The third-order valence-corrected chi connectivity index (χ3v) is 11.3. The molecule has 0 aliphatic heterocycles. The Bertz CT molecular complexity index is 2760. The van der Waals surface area contributed by atoms with E-state index in [9.17, 15) is 0 Å². The van der Waals surface area contributed by atoms with Gasteiger partial charge in [-0.15, -0.1) is 11.3 Å². The molecule has 0 fully saturated rings. The van der Waals surface area contributed by atoms with Gasteiger partial charge in [0, 0.05) is 42.2 Å². The molecule has 49 heavy (non-hydrogen) atoms. The lowest BCUT2D eigenvalue weighted by Crippen LogP contribution is -2.04. The number of aryl methyl sites for hydroxylation is 1. The van der Waals surface area contributed by atoms with Crippen LogP contribution in [0.4, 0.5) is 0 Å². The van der Waals surface area contributed by atoms with E-state index in [1.807, 2.05) is 17.5 Å². The minimum atomic E-state index is 0.891. The minimum absolute atomic E-state index is 0.891. The van der Waals surface area contributed by atoms with Crippen LogP contribution in [0.15, 0.2) is 152 Å². The highest BCUT2D eigenvalue weighted by atomic mass is 32.1. The van der Waals surface area contributed by atoms with Crippen LogP contribution in [0.3, 0.4) is 0 Å². The van der Waals surface area contributed by atoms with Crippen molar-refractivity contribution in [2.45, 2.75) is 12.8 Å². The van der Waals surface area contributed by atoms with Gasteiger partial charge >= 0.3 is 0 Å². The SMILES string of the molecule is C1=C(c2ccccc2)CCc2c1c1nc(-c3ccccc3-c3cccc4c3sc3ccccc34)cnc1c1cc(-c3ccccc3)ccc21. The molecule has 10 rings (SSSR count). The lowest BCUT2D eigenvalue weighted by molar-refractivity contribution is 1.01. The summed E-state index contributed by atoms with van der Waals surface area (Å²) in [7, 11) is 0. The van der Waals surface area contributed by atoms with Crippen LogP contribution in [-0.2, 0) is 6.42 Å². The van der Waals surface area contributed by atoms with E-state index in [4.69, 9.17) is 9.97 Å². The predicted octanol–water partition coefficient (Wildman–Crippen LogP) is 12.6. The predicted molar refractivity (Wildman–Crippen MR) is 209 cm³/mol. The van der Waals surface area contributed by atoms with E-state index >= 15 is 0 Å². The molecule has 2 nitrogen and oxygen atoms in total. The van der Waals surface area contributed by atoms with Crippen LogP contribution in [-0.4, -0.2) is 9.97 Å². The molecular formula is C46H30N2S. The summed E-state index contributed by atoms with van der Waals surface area (Å²) < 4.78 is 2.61. The number of aromatic nitrogens is 2. The summed E-state index contributed by atoms with van der Waals surface area (Å²) >= 11 is 1.86. The largest absolute Gasteiger partial charge is 0.252 e. The van der Waals surface area contributed by atoms with E-state index in [2.05, 4.69) is 152 Å². The number of fused-ring (bicyclic) bond motifs is 9. The lowest BCUT2D eigenvalue weighted by Gasteiger charge is -2.22. The Balaban J connectivity index is 1.22. The third-order valence-electron chi connectivity index (χ3n) is 10.1. The zero-order chi connectivity index (χ0) is 32.3. The van der Waals surface area contributed by atoms with Crippen molar-refractivity contribution < 1.29 is 0 Å². The second-order valence-corrected chi connectivity index (χ2v) is 13.9. The number of hydrogen-bond acceptors (Lipinski definition) is 3. The molecule has 1 aliphatic rings. The number of rotatable bonds is 4. The topological polar surface area (TPSA) is 25.8 Å². The highest BCUT2D eigenvalue weighted by molar-refractivity contribution is 7.26.